The van der Waals surface area contributed by atoms with Crippen LogP contribution in [0.5, 0.6) is 5.75 Å². The van der Waals surface area contributed by atoms with Gasteiger partial charge in [-0.2, -0.15) is 0 Å². The summed E-state index contributed by atoms with van der Waals surface area (Å²) in [5.74, 6) is 2.07. The van der Waals surface area contributed by atoms with Crippen LogP contribution in [0.25, 0.3) is 0 Å². The minimum atomic E-state index is 0. The van der Waals surface area contributed by atoms with Gasteiger partial charge in [0.25, 0.3) is 0 Å². The summed E-state index contributed by atoms with van der Waals surface area (Å²) in [5, 5.41) is 6.41. The number of nitrogens with zero attached hydrogens (tertiary/aromatic N) is 2. The molecule has 7 heteroatoms. The third kappa shape index (κ3) is 7.85. The van der Waals surface area contributed by atoms with E-state index >= 15 is 0 Å². The predicted octanol–water partition coefficient (Wildman–Crippen LogP) is 3.17. The fraction of sp³-hybridized carbons (Fsp3) is 0.619. The van der Waals surface area contributed by atoms with Crippen molar-refractivity contribution in [2.45, 2.75) is 57.6 Å². The summed E-state index contributed by atoms with van der Waals surface area (Å²) in [6.45, 7) is 5.49. The van der Waals surface area contributed by atoms with E-state index in [1.54, 1.807) is 0 Å². The van der Waals surface area contributed by atoms with Crippen molar-refractivity contribution < 1.29 is 9.53 Å². The molecular weight excluding hydrogens is 467 g/mol. The molecule has 6 nitrogen and oxygen atoms in total. The van der Waals surface area contributed by atoms with Gasteiger partial charge in [-0.15, -0.1) is 24.0 Å². The van der Waals surface area contributed by atoms with Crippen LogP contribution in [0.15, 0.2) is 35.3 Å². The molecule has 0 bridgehead atoms. The van der Waals surface area contributed by atoms with E-state index in [2.05, 4.69) is 22.5 Å². The van der Waals surface area contributed by atoms with Crippen molar-refractivity contribution in [2.75, 3.05) is 26.2 Å². The van der Waals surface area contributed by atoms with E-state index in [9.17, 15) is 4.79 Å². The Balaban J connectivity index is 0.00000280. The van der Waals surface area contributed by atoms with E-state index in [0.717, 1.165) is 63.4 Å². The summed E-state index contributed by atoms with van der Waals surface area (Å²) in [6.07, 6.45) is 5.87. The van der Waals surface area contributed by atoms with Crippen molar-refractivity contribution in [3.05, 3.63) is 30.3 Å². The van der Waals surface area contributed by atoms with Gasteiger partial charge in [-0.25, -0.2) is 0 Å². The lowest BCUT2D eigenvalue weighted by molar-refractivity contribution is -0.121. The number of aliphatic imine (C=N–C) groups is 1. The Morgan fingerprint density at radius 3 is 2.54 bits per heavy atom. The van der Waals surface area contributed by atoms with Crippen molar-refractivity contribution in [3.8, 4) is 5.75 Å². The maximum absolute atomic E-state index is 11.8. The topological polar surface area (TPSA) is 66.0 Å². The highest BCUT2D eigenvalue weighted by molar-refractivity contribution is 14.0. The number of guanidine groups is 1. The molecule has 1 aliphatic heterocycles. The van der Waals surface area contributed by atoms with Gasteiger partial charge in [0.2, 0.25) is 5.91 Å². The number of para-hydroxylation sites is 1. The van der Waals surface area contributed by atoms with Gasteiger partial charge in [-0.3, -0.25) is 9.79 Å². The fourth-order valence-electron chi connectivity index (χ4n) is 3.25. The Kier molecular flexibility index (Phi) is 9.87. The van der Waals surface area contributed by atoms with Crippen LogP contribution in [0.3, 0.4) is 0 Å². The zero-order valence-corrected chi connectivity index (χ0v) is 19.1. The zero-order chi connectivity index (χ0) is 18.9. The molecule has 0 spiro atoms. The van der Waals surface area contributed by atoms with E-state index in [-0.39, 0.29) is 36.0 Å². The number of nitrogens with one attached hydrogen (secondary N) is 2. The Labute approximate surface area is 185 Å². The van der Waals surface area contributed by atoms with Gasteiger partial charge in [0, 0.05) is 51.5 Å². The molecule has 1 heterocycles. The largest absolute Gasteiger partial charge is 0.490 e. The van der Waals surface area contributed by atoms with Crippen LogP contribution in [0.4, 0.5) is 0 Å². The van der Waals surface area contributed by atoms with E-state index < -0.39 is 0 Å². The molecule has 0 radical (unpaired) electrons. The van der Waals surface area contributed by atoms with Crippen molar-refractivity contribution >= 4 is 35.8 Å². The number of carbonyl (C=O) groups excluding carboxylic acids is 1. The van der Waals surface area contributed by atoms with E-state index in [0.29, 0.717) is 19.0 Å². The van der Waals surface area contributed by atoms with Crippen LogP contribution in [-0.4, -0.2) is 55.1 Å². The molecule has 3 rings (SSSR count). The number of hydrogen-bond donors (Lipinski definition) is 2. The molecule has 1 aromatic carbocycles. The lowest BCUT2D eigenvalue weighted by Gasteiger charge is -2.34. The summed E-state index contributed by atoms with van der Waals surface area (Å²) in [6, 6.07) is 10.5. The van der Waals surface area contributed by atoms with Gasteiger partial charge in [-0.05, 0) is 38.3 Å². The highest BCUT2D eigenvalue weighted by Crippen LogP contribution is 2.19. The van der Waals surface area contributed by atoms with Crippen LogP contribution < -0.4 is 15.4 Å². The van der Waals surface area contributed by atoms with Crippen molar-refractivity contribution in [3.63, 3.8) is 0 Å². The van der Waals surface area contributed by atoms with Gasteiger partial charge in [0.15, 0.2) is 5.96 Å². The van der Waals surface area contributed by atoms with Gasteiger partial charge < -0.3 is 20.3 Å². The molecular formula is C21H33IN4O2. The summed E-state index contributed by atoms with van der Waals surface area (Å²) < 4.78 is 6.07. The molecule has 2 fully saturated rings. The lowest BCUT2D eigenvalue weighted by atomic mass is 10.1. The third-order valence-electron chi connectivity index (χ3n) is 4.89. The van der Waals surface area contributed by atoms with Gasteiger partial charge in [0.1, 0.15) is 11.9 Å². The highest BCUT2D eigenvalue weighted by atomic mass is 127. The van der Waals surface area contributed by atoms with Crippen molar-refractivity contribution in [1.82, 2.24) is 15.5 Å². The second kappa shape index (κ2) is 12.1. The van der Waals surface area contributed by atoms with Crippen molar-refractivity contribution in [1.29, 1.82) is 0 Å². The van der Waals surface area contributed by atoms with Crippen molar-refractivity contribution in [2.24, 2.45) is 4.99 Å². The molecule has 1 aliphatic carbocycles. The molecule has 0 unspecified atom stereocenters. The molecule has 1 saturated carbocycles. The maximum atomic E-state index is 11.8. The second-order valence-electron chi connectivity index (χ2n) is 7.30. The van der Waals surface area contributed by atoms with Crippen LogP contribution in [0, 0.1) is 0 Å². The molecule has 1 aromatic rings. The molecule has 1 amide bonds. The first kappa shape index (κ1) is 22.8. The minimum absolute atomic E-state index is 0. The average molecular weight is 500 g/mol. The Morgan fingerprint density at radius 1 is 1.18 bits per heavy atom. The normalized spacial score (nSPS) is 17.6. The number of rotatable bonds is 8. The Bertz CT molecular complexity index is 614. The molecule has 2 aliphatic rings. The standard InChI is InChI=1S/C21H32N4O2.HI/c1-2-22-21(23-14-6-9-20(26)24-17-10-11-17)25-15-12-19(13-16-25)27-18-7-4-3-5-8-18;/h3-5,7-8,17,19H,2,6,9-16H2,1H3,(H,22,23)(H,24,26);1H. The highest BCUT2D eigenvalue weighted by Gasteiger charge is 2.23. The molecule has 1 saturated heterocycles. The number of benzene rings is 1. The van der Waals surface area contributed by atoms with E-state index in [1.165, 1.54) is 0 Å². The van der Waals surface area contributed by atoms with Gasteiger partial charge in [0.05, 0.1) is 0 Å². The number of carbonyl (C=O) groups is 1. The van der Waals surface area contributed by atoms with Crippen LogP contribution in [-0.2, 0) is 4.79 Å². The Morgan fingerprint density at radius 2 is 1.89 bits per heavy atom. The number of likely N-dealkylation sites (tertiary alicyclic amines) is 1. The quantitative estimate of drug-likeness (QED) is 0.249. The average Bonchev–Trinajstić information content (AvgIpc) is 3.50. The summed E-state index contributed by atoms with van der Waals surface area (Å²) >= 11 is 0. The number of hydrogen-bond acceptors (Lipinski definition) is 3. The number of ether oxygens (including phenoxy) is 1. The van der Waals surface area contributed by atoms with Crippen LogP contribution >= 0.6 is 24.0 Å². The smallest absolute Gasteiger partial charge is 0.220 e. The first-order valence-corrected chi connectivity index (χ1v) is 10.3. The first-order chi connectivity index (χ1) is 13.2. The molecule has 0 aromatic heterocycles. The second-order valence-corrected chi connectivity index (χ2v) is 7.30. The summed E-state index contributed by atoms with van der Waals surface area (Å²) in [4.78, 5) is 18.8. The summed E-state index contributed by atoms with van der Waals surface area (Å²) in [7, 11) is 0. The van der Waals surface area contributed by atoms with Crippen LogP contribution in [0.2, 0.25) is 0 Å². The number of amides is 1. The third-order valence-corrected chi connectivity index (χ3v) is 4.89. The lowest BCUT2D eigenvalue weighted by Crippen LogP contribution is -2.47. The molecule has 28 heavy (non-hydrogen) atoms. The number of piperidine rings is 1. The molecule has 156 valence electrons. The fourth-order valence-corrected chi connectivity index (χ4v) is 3.25. The molecule has 0 atom stereocenters. The van der Waals surface area contributed by atoms with Crippen LogP contribution in [0.1, 0.15) is 45.4 Å². The first-order valence-electron chi connectivity index (χ1n) is 10.3. The molecule has 2 N–H and O–H groups in total. The van der Waals surface area contributed by atoms with Gasteiger partial charge >= 0.3 is 0 Å². The summed E-state index contributed by atoms with van der Waals surface area (Å²) in [5.41, 5.74) is 0. The zero-order valence-electron chi connectivity index (χ0n) is 16.7. The van der Waals surface area contributed by atoms with E-state index in [1.807, 2.05) is 30.3 Å². The maximum Gasteiger partial charge on any atom is 0.220 e. The SMILES string of the molecule is CCNC(=NCCCC(=O)NC1CC1)N1CCC(Oc2ccccc2)CC1.I. The van der Waals surface area contributed by atoms with Gasteiger partial charge in [-0.1, -0.05) is 18.2 Å². The predicted molar refractivity (Wildman–Crippen MR) is 123 cm³/mol. The monoisotopic (exact) mass is 500 g/mol. The minimum Gasteiger partial charge on any atom is -0.490 e. The van der Waals surface area contributed by atoms with E-state index in [4.69, 9.17) is 9.73 Å². The number of halogens is 1. The Hall–Kier alpha value is -1.51.